The van der Waals surface area contributed by atoms with Gasteiger partial charge in [0.25, 0.3) is 5.91 Å². The third-order valence-electron chi connectivity index (χ3n) is 5.38. The number of amides is 1. The van der Waals surface area contributed by atoms with E-state index in [2.05, 4.69) is 22.4 Å². The number of fused-ring (bicyclic) bond motifs is 2. The van der Waals surface area contributed by atoms with E-state index in [1.165, 1.54) is 0 Å². The van der Waals surface area contributed by atoms with E-state index in [0.717, 1.165) is 43.6 Å². The first-order valence-corrected chi connectivity index (χ1v) is 11.3. The second-order valence-electron chi connectivity index (χ2n) is 7.51. The number of carbonyl (C=O) groups excluding carboxylic acids is 1. The lowest BCUT2D eigenvalue weighted by Gasteiger charge is -2.09. The third-order valence-corrected chi connectivity index (χ3v) is 6.52. The number of hydrogen-bond donors (Lipinski definition) is 1. The molecule has 0 radical (unpaired) electrons. The summed E-state index contributed by atoms with van der Waals surface area (Å²) in [6.45, 7) is 0.443. The number of hydrogen-bond acceptors (Lipinski definition) is 5. The summed E-state index contributed by atoms with van der Waals surface area (Å²) in [5, 5.41) is 2.97. The van der Waals surface area contributed by atoms with Crippen molar-refractivity contribution >= 4 is 29.1 Å². The average Bonchev–Trinajstić information content (AvgIpc) is 3.04. The largest absolute Gasteiger partial charge is 0.497 e. The van der Waals surface area contributed by atoms with Crippen LogP contribution < -0.4 is 10.1 Å². The van der Waals surface area contributed by atoms with Crippen LogP contribution in [0.5, 0.6) is 5.75 Å². The van der Waals surface area contributed by atoms with Crippen LogP contribution in [0.15, 0.2) is 106 Å². The lowest BCUT2D eigenvalue weighted by molar-refractivity contribution is 0.0951. The van der Waals surface area contributed by atoms with Gasteiger partial charge in [0, 0.05) is 45.4 Å². The van der Waals surface area contributed by atoms with Gasteiger partial charge < -0.3 is 10.1 Å². The van der Waals surface area contributed by atoms with Gasteiger partial charge in [-0.25, -0.2) is 4.99 Å². The number of nitrogens with zero attached hydrogens (tertiary/aromatic N) is 2. The van der Waals surface area contributed by atoms with E-state index < -0.39 is 0 Å². The number of methoxy groups -OCH3 is 1. The molecule has 3 aromatic carbocycles. The number of nitrogens with one attached hydrogen (secondary N) is 1. The minimum atomic E-state index is -0.137. The summed E-state index contributed by atoms with van der Waals surface area (Å²) in [4.78, 5) is 24.0. The molecule has 0 unspecified atom stereocenters. The van der Waals surface area contributed by atoms with Crippen molar-refractivity contribution in [3.63, 3.8) is 0 Å². The molecule has 5 nitrogen and oxygen atoms in total. The maximum atomic E-state index is 12.8. The molecular formula is C27H21N3O2S. The van der Waals surface area contributed by atoms with Crippen LogP contribution in [0.25, 0.3) is 0 Å². The highest BCUT2D eigenvalue weighted by molar-refractivity contribution is 7.99. The maximum Gasteiger partial charge on any atom is 0.251 e. The van der Waals surface area contributed by atoms with Crippen molar-refractivity contribution < 1.29 is 9.53 Å². The van der Waals surface area contributed by atoms with Gasteiger partial charge in [-0.15, -0.1) is 0 Å². The lowest BCUT2D eigenvalue weighted by Crippen LogP contribution is -2.22. The van der Waals surface area contributed by atoms with E-state index in [9.17, 15) is 4.79 Å². The normalized spacial score (nSPS) is 12.1. The van der Waals surface area contributed by atoms with E-state index >= 15 is 0 Å². The van der Waals surface area contributed by atoms with Crippen molar-refractivity contribution in [1.82, 2.24) is 10.3 Å². The summed E-state index contributed by atoms with van der Waals surface area (Å²) in [5.74, 6) is 0.659. The first-order valence-electron chi connectivity index (χ1n) is 10.5. The molecule has 0 aliphatic carbocycles. The molecule has 1 aromatic heterocycles. The Morgan fingerprint density at radius 1 is 0.939 bits per heavy atom. The standard InChI is InChI=1S/C27H21N3O2S/c1-32-21-9-6-19(7-10-21)26-22-4-2-3-5-24(22)33-25-11-8-20(16-23(25)30-26)27(31)29-17-18-12-14-28-15-13-18/h2-16H,17H2,1H3,(H,29,31). The Balaban J connectivity index is 1.51. The Morgan fingerprint density at radius 2 is 1.73 bits per heavy atom. The minimum Gasteiger partial charge on any atom is -0.497 e. The number of benzene rings is 3. The van der Waals surface area contributed by atoms with Crippen molar-refractivity contribution in [1.29, 1.82) is 0 Å². The Bertz CT molecular complexity index is 1340. The van der Waals surface area contributed by atoms with Crippen molar-refractivity contribution in [2.24, 2.45) is 4.99 Å². The minimum absolute atomic E-state index is 0.137. The fourth-order valence-corrected chi connectivity index (χ4v) is 4.64. The van der Waals surface area contributed by atoms with E-state index in [-0.39, 0.29) is 5.91 Å². The summed E-state index contributed by atoms with van der Waals surface area (Å²) in [7, 11) is 1.65. The molecule has 33 heavy (non-hydrogen) atoms. The molecule has 1 aliphatic rings. The molecule has 0 fully saturated rings. The molecule has 4 aromatic rings. The molecule has 5 rings (SSSR count). The highest BCUT2D eigenvalue weighted by Gasteiger charge is 2.20. The Kier molecular flexibility index (Phi) is 5.91. The quantitative estimate of drug-likeness (QED) is 0.375. The first-order chi connectivity index (χ1) is 16.2. The molecule has 0 saturated carbocycles. The molecule has 1 amide bonds. The molecule has 0 bridgehead atoms. The highest BCUT2D eigenvalue weighted by Crippen LogP contribution is 2.41. The predicted molar refractivity (Wildman–Crippen MR) is 131 cm³/mol. The zero-order valence-electron chi connectivity index (χ0n) is 18.0. The molecule has 0 saturated heterocycles. The van der Waals surface area contributed by atoms with Crippen molar-refractivity contribution in [2.45, 2.75) is 16.3 Å². The molecule has 162 valence electrons. The van der Waals surface area contributed by atoms with Gasteiger partial charge in [-0.2, -0.15) is 0 Å². The molecular weight excluding hydrogens is 430 g/mol. The molecule has 2 heterocycles. The second-order valence-corrected chi connectivity index (χ2v) is 8.59. The van der Waals surface area contributed by atoms with Gasteiger partial charge in [-0.3, -0.25) is 9.78 Å². The number of rotatable bonds is 5. The zero-order chi connectivity index (χ0) is 22.6. The zero-order valence-corrected chi connectivity index (χ0v) is 18.8. The van der Waals surface area contributed by atoms with Crippen LogP contribution >= 0.6 is 11.8 Å². The third kappa shape index (κ3) is 4.52. The molecule has 0 spiro atoms. The molecule has 0 atom stereocenters. The maximum absolute atomic E-state index is 12.8. The predicted octanol–water partition coefficient (Wildman–Crippen LogP) is 5.65. The van der Waals surface area contributed by atoms with E-state index in [4.69, 9.17) is 9.73 Å². The van der Waals surface area contributed by atoms with Crippen LogP contribution in [0.3, 0.4) is 0 Å². The van der Waals surface area contributed by atoms with Crippen LogP contribution in [0.4, 0.5) is 5.69 Å². The lowest BCUT2D eigenvalue weighted by atomic mass is 10.0. The van der Waals surface area contributed by atoms with Crippen LogP contribution in [0.1, 0.15) is 27.0 Å². The number of ether oxygens (including phenoxy) is 1. The topological polar surface area (TPSA) is 63.6 Å². The van der Waals surface area contributed by atoms with Crippen LogP contribution in [0, 0.1) is 0 Å². The van der Waals surface area contributed by atoms with Gasteiger partial charge in [0.05, 0.1) is 18.5 Å². The second kappa shape index (κ2) is 9.30. The fraction of sp³-hybridized carbons (Fsp3) is 0.0741. The smallest absolute Gasteiger partial charge is 0.251 e. The monoisotopic (exact) mass is 451 g/mol. The van der Waals surface area contributed by atoms with E-state index in [1.807, 2.05) is 66.7 Å². The van der Waals surface area contributed by atoms with E-state index in [0.29, 0.717) is 12.1 Å². The molecule has 6 heteroatoms. The summed E-state index contributed by atoms with van der Waals surface area (Å²) in [6, 6.07) is 25.6. The van der Waals surface area contributed by atoms with Crippen LogP contribution in [-0.4, -0.2) is 23.7 Å². The van der Waals surface area contributed by atoms with Gasteiger partial charge in [0.15, 0.2) is 0 Å². The van der Waals surface area contributed by atoms with Crippen LogP contribution in [-0.2, 0) is 6.54 Å². The number of carbonyl (C=O) groups is 1. The summed E-state index contributed by atoms with van der Waals surface area (Å²) in [5.41, 5.74) is 5.27. The summed E-state index contributed by atoms with van der Waals surface area (Å²) in [6.07, 6.45) is 3.43. The van der Waals surface area contributed by atoms with Crippen molar-refractivity contribution in [3.05, 3.63) is 114 Å². The highest BCUT2D eigenvalue weighted by atomic mass is 32.2. The van der Waals surface area contributed by atoms with Crippen LogP contribution in [0.2, 0.25) is 0 Å². The Morgan fingerprint density at radius 3 is 2.52 bits per heavy atom. The summed E-state index contributed by atoms with van der Waals surface area (Å²) >= 11 is 1.66. The Labute approximate surface area is 196 Å². The fourth-order valence-electron chi connectivity index (χ4n) is 3.64. The first kappa shape index (κ1) is 21.0. The number of aromatic nitrogens is 1. The SMILES string of the molecule is COc1ccc(C2=Nc3cc(C(=O)NCc4ccncc4)ccc3Sc3ccccc32)cc1. The van der Waals surface area contributed by atoms with Gasteiger partial charge in [0.1, 0.15) is 5.75 Å². The van der Waals surface area contributed by atoms with Crippen molar-refractivity contribution in [3.8, 4) is 5.75 Å². The van der Waals surface area contributed by atoms with E-state index in [1.54, 1.807) is 31.3 Å². The van der Waals surface area contributed by atoms with Crippen molar-refractivity contribution in [2.75, 3.05) is 7.11 Å². The van der Waals surface area contributed by atoms with Gasteiger partial charge >= 0.3 is 0 Å². The number of aliphatic imine (C=N–C) groups is 1. The van der Waals surface area contributed by atoms with Gasteiger partial charge in [-0.05, 0) is 66.2 Å². The average molecular weight is 452 g/mol. The summed E-state index contributed by atoms with van der Waals surface area (Å²) < 4.78 is 5.31. The van der Waals surface area contributed by atoms with Gasteiger partial charge in [0.2, 0.25) is 0 Å². The molecule has 1 aliphatic heterocycles. The number of pyridine rings is 1. The Hall–Kier alpha value is -3.90. The molecule has 1 N–H and O–H groups in total. The van der Waals surface area contributed by atoms with Gasteiger partial charge in [-0.1, -0.05) is 30.0 Å².